The number of ether oxygens (including phenoxy) is 1. The minimum Gasteiger partial charge on any atom is -0.493 e. The Bertz CT molecular complexity index is 454. The van der Waals surface area contributed by atoms with Crippen molar-refractivity contribution in [2.45, 2.75) is 32.2 Å². The van der Waals surface area contributed by atoms with Gasteiger partial charge < -0.3 is 9.64 Å². The Morgan fingerprint density at radius 2 is 2.26 bits per heavy atom. The summed E-state index contributed by atoms with van der Waals surface area (Å²) in [7, 11) is 5.75. The van der Waals surface area contributed by atoms with Crippen LogP contribution in [0, 0.1) is 5.92 Å². The van der Waals surface area contributed by atoms with E-state index >= 15 is 0 Å². The van der Waals surface area contributed by atoms with Crippen LogP contribution in [0.1, 0.15) is 31.4 Å². The maximum atomic E-state index is 11.8. The van der Waals surface area contributed by atoms with Crippen molar-refractivity contribution in [3.63, 3.8) is 0 Å². The molecule has 1 heterocycles. The van der Waals surface area contributed by atoms with Gasteiger partial charge >= 0.3 is 0 Å². The van der Waals surface area contributed by atoms with Crippen LogP contribution < -0.4 is 4.74 Å². The number of carbonyl (C=O) groups is 1. The van der Waals surface area contributed by atoms with Crippen LogP contribution in [0.4, 0.5) is 0 Å². The van der Waals surface area contributed by atoms with E-state index in [9.17, 15) is 4.79 Å². The highest BCUT2D eigenvalue weighted by atomic mass is 16.5. The SMILES string of the molecule is COc1cnn(CCN(C)C)c1C1CCC(=O)C1C. The molecule has 1 fully saturated rings. The van der Waals surface area contributed by atoms with E-state index in [1.165, 1.54) is 0 Å². The molecule has 1 saturated carbocycles. The average molecular weight is 265 g/mol. The molecule has 0 spiro atoms. The normalized spacial score (nSPS) is 23.3. The van der Waals surface area contributed by atoms with E-state index in [2.05, 4.69) is 10.00 Å². The Kier molecular flexibility index (Phi) is 4.24. The summed E-state index contributed by atoms with van der Waals surface area (Å²) in [4.78, 5) is 13.9. The number of aromatic nitrogens is 2. The number of ketones is 1. The maximum absolute atomic E-state index is 11.8. The molecule has 1 aromatic heterocycles. The minimum atomic E-state index is 0.0729. The molecule has 5 nitrogen and oxygen atoms in total. The molecule has 0 N–H and O–H groups in total. The van der Waals surface area contributed by atoms with Crippen molar-refractivity contribution in [1.29, 1.82) is 0 Å². The van der Waals surface area contributed by atoms with Gasteiger partial charge in [0.15, 0.2) is 5.75 Å². The molecule has 2 unspecified atom stereocenters. The number of nitrogens with zero attached hydrogens (tertiary/aromatic N) is 3. The standard InChI is InChI=1S/C14H23N3O2/c1-10-11(5-6-12(10)18)14-13(19-4)9-15-17(14)8-7-16(2)3/h9-11H,5-8H2,1-4H3. The van der Waals surface area contributed by atoms with E-state index in [-0.39, 0.29) is 11.8 Å². The summed E-state index contributed by atoms with van der Waals surface area (Å²) in [5, 5.41) is 4.42. The highest BCUT2D eigenvalue weighted by Crippen LogP contribution is 2.40. The van der Waals surface area contributed by atoms with Crippen molar-refractivity contribution in [3.05, 3.63) is 11.9 Å². The van der Waals surface area contributed by atoms with Gasteiger partial charge in [0.25, 0.3) is 0 Å². The second kappa shape index (κ2) is 5.74. The molecule has 0 saturated heterocycles. The highest BCUT2D eigenvalue weighted by Gasteiger charge is 2.36. The predicted molar refractivity (Wildman–Crippen MR) is 73.5 cm³/mol. The number of rotatable bonds is 5. The van der Waals surface area contributed by atoms with Crippen molar-refractivity contribution in [2.75, 3.05) is 27.7 Å². The smallest absolute Gasteiger partial charge is 0.160 e. The fraction of sp³-hybridized carbons (Fsp3) is 0.714. The summed E-state index contributed by atoms with van der Waals surface area (Å²) < 4.78 is 7.42. The molecular weight excluding hydrogens is 242 g/mol. The second-order valence-corrected chi connectivity index (χ2v) is 5.52. The third kappa shape index (κ3) is 2.81. The molecule has 0 aliphatic heterocycles. The van der Waals surface area contributed by atoms with Crippen molar-refractivity contribution in [3.8, 4) is 5.75 Å². The summed E-state index contributed by atoms with van der Waals surface area (Å²) in [6.07, 6.45) is 3.35. The second-order valence-electron chi connectivity index (χ2n) is 5.52. The Labute approximate surface area is 114 Å². The predicted octanol–water partition coefficient (Wildman–Crippen LogP) is 1.54. The van der Waals surface area contributed by atoms with Gasteiger partial charge in [-0.2, -0.15) is 5.10 Å². The lowest BCUT2D eigenvalue weighted by atomic mass is 9.93. The first kappa shape index (κ1) is 14.1. The first-order valence-electron chi connectivity index (χ1n) is 6.81. The zero-order valence-electron chi connectivity index (χ0n) is 12.2. The first-order valence-corrected chi connectivity index (χ1v) is 6.81. The van der Waals surface area contributed by atoms with Gasteiger partial charge in [-0.3, -0.25) is 9.48 Å². The number of Topliss-reactive ketones (excluding diaryl/α,β-unsaturated/α-hetero) is 1. The van der Waals surface area contributed by atoms with Gasteiger partial charge in [0.05, 0.1) is 25.5 Å². The first-order chi connectivity index (χ1) is 9.04. The van der Waals surface area contributed by atoms with E-state index in [4.69, 9.17) is 4.74 Å². The van der Waals surface area contributed by atoms with Crippen LogP contribution in [-0.2, 0) is 11.3 Å². The van der Waals surface area contributed by atoms with Crippen LogP contribution in [0.3, 0.4) is 0 Å². The van der Waals surface area contributed by atoms with E-state index in [0.29, 0.717) is 12.2 Å². The van der Waals surface area contributed by atoms with Crippen LogP contribution >= 0.6 is 0 Å². The molecule has 2 atom stereocenters. The van der Waals surface area contributed by atoms with Crippen LogP contribution in [-0.4, -0.2) is 48.2 Å². The summed E-state index contributed by atoms with van der Waals surface area (Å²) in [6.45, 7) is 3.76. The van der Waals surface area contributed by atoms with Gasteiger partial charge in [-0.25, -0.2) is 0 Å². The molecule has 1 aliphatic carbocycles. The molecule has 0 radical (unpaired) electrons. The molecule has 106 valence electrons. The van der Waals surface area contributed by atoms with E-state index < -0.39 is 0 Å². The quantitative estimate of drug-likeness (QED) is 0.810. The molecule has 0 bridgehead atoms. The number of hydrogen-bond acceptors (Lipinski definition) is 4. The lowest BCUT2D eigenvalue weighted by Gasteiger charge is -2.19. The fourth-order valence-electron chi connectivity index (χ4n) is 2.76. The van der Waals surface area contributed by atoms with Gasteiger partial charge in [-0.05, 0) is 20.5 Å². The fourth-order valence-corrected chi connectivity index (χ4v) is 2.76. The Hall–Kier alpha value is -1.36. The Morgan fingerprint density at radius 1 is 1.53 bits per heavy atom. The van der Waals surface area contributed by atoms with Crippen molar-refractivity contribution in [2.24, 2.45) is 5.92 Å². The number of hydrogen-bond donors (Lipinski definition) is 0. The molecule has 2 rings (SSSR count). The summed E-state index contributed by atoms with van der Waals surface area (Å²) in [6, 6.07) is 0. The highest BCUT2D eigenvalue weighted by molar-refractivity contribution is 5.84. The monoisotopic (exact) mass is 265 g/mol. The Balaban J connectivity index is 2.26. The molecular formula is C14H23N3O2. The number of methoxy groups -OCH3 is 1. The van der Waals surface area contributed by atoms with Gasteiger partial charge in [-0.15, -0.1) is 0 Å². The summed E-state index contributed by atoms with van der Waals surface area (Å²) in [5.74, 6) is 1.48. The molecule has 0 amide bonds. The molecule has 1 aliphatic rings. The third-order valence-corrected chi connectivity index (χ3v) is 3.99. The van der Waals surface area contributed by atoms with Crippen molar-refractivity contribution < 1.29 is 9.53 Å². The molecule has 5 heteroatoms. The maximum Gasteiger partial charge on any atom is 0.160 e. The molecule has 19 heavy (non-hydrogen) atoms. The van der Waals surface area contributed by atoms with Gasteiger partial charge in [0.2, 0.25) is 0 Å². The van der Waals surface area contributed by atoms with Crippen LogP contribution in [0.15, 0.2) is 6.20 Å². The van der Waals surface area contributed by atoms with E-state index in [0.717, 1.165) is 31.0 Å². The largest absolute Gasteiger partial charge is 0.493 e. The zero-order valence-corrected chi connectivity index (χ0v) is 12.2. The third-order valence-electron chi connectivity index (χ3n) is 3.99. The zero-order chi connectivity index (χ0) is 14.0. The molecule has 1 aromatic rings. The molecule has 0 aromatic carbocycles. The lowest BCUT2D eigenvalue weighted by Crippen LogP contribution is -2.22. The van der Waals surface area contributed by atoms with Crippen molar-refractivity contribution in [1.82, 2.24) is 14.7 Å². The topological polar surface area (TPSA) is 47.4 Å². The number of carbonyl (C=O) groups excluding carboxylic acids is 1. The summed E-state index contributed by atoms with van der Waals surface area (Å²) >= 11 is 0. The minimum absolute atomic E-state index is 0.0729. The average Bonchev–Trinajstić information content (AvgIpc) is 2.92. The Morgan fingerprint density at radius 3 is 2.79 bits per heavy atom. The summed E-state index contributed by atoms with van der Waals surface area (Å²) in [5.41, 5.74) is 1.09. The lowest BCUT2D eigenvalue weighted by molar-refractivity contribution is -0.120. The van der Waals surface area contributed by atoms with Gasteiger partial charge in [-0.1, -0.05) is 6.92 Å². The van der Waals surface area contributed by atoms with Crippen LogP contribution in [0.2, 0.25) is 0 Å². The van der Waals surface area contributed by atoms with Gasteiger partial charge in [0.1, 0.15) is 5.78 Å². The van der Waals surface area contributed by atoms with Gasteiger partial charge in [0, 0.05) is 24.8 Å². The van der Waals surface area contributed by atoms with Crippen LogP contribution in [0.25, 0.3) is 0 Å². The van der Waals surface area contributed by atoms with Crippen molar-refractivity contribution >= 4 is 5.78 Å². The van der Waals surface area contributed by atoms with E-state index in [1.54, 1.807) is 13.3 Å². The number of likely N-dealkylation sites (N-methyl/N-ethyl adjacent to an activating group) is 1. The van der Waals surface area contributed by atoms with E-state index in [1.807, 2.05) is 25.7 Å². The van der Waals surface area contributed by atoms with Crippen LogP contribution in [0.5, 0.6) is 5.75 Å².